The van der Waals surface area contributed by atoms with Crippen LogP contribution in [0.2, 0.25) is 5.02 Å². The second kappa shape index (κ2) is 8.53. The molecular weight excluding hydrogens is 405 g/mol. The number of nitrogens with zero attached hydrogens (tertiary/aromatic N) is 1. The Morgan fingerprint density at radius 1 is 1.21 bits per heavy atom. The van der Waals surface area contributed by atoms with E-state index in [1.165, 1.54) is 48.6 Å². The molecule has 0 spiro atoms. The van der Waals surface area contributed by atoms with E-state index in [9.17, 15) is 17.6 Å². The van der Waals surface area contributed by atoms with E-state index in [4.69, 9.17) is 11.6 Å². The van der Waals surface area contributed by atoms with Crippen molar-refractivity contribution in [1.29, 1.82) is 0 Å². The van der Waals surface area contributed by atoms with Gasteiger partial charge in [0.2, 0.25) is 5.91 Å². The van der Waals surface area contributed by atoms with Crippen molar-refractivity contribution in [2.45, 2.75) is 17.7 Å². The summed E-state index contributed by atoms with van der Waals surface area (Å²) in [5.74, 6) is -0.572. The van der Waals surface area contributed by atoms with Crippen LogP contribution in [0.3, 0.4) is 0 Å². The molecule has 0 radical (unpaired) electrons. The van der Waals surface area contributed by atoms with Gasteiger partial charge in [-0.15, -0.1) is 0 Å². The largest absolute Gasteiger partial charge is 0.322 e. The first kappa shape index (κ1) is 20.0. The molecule has 9 heteroatoms. The highest BCUT2D eigenvalue weighted by atomic mass is 35.5. The fourth-order valence-electron chi connectivity index (χ4n) is 2.55. The van der Waals surface area contributed by atoms with Gasteiger partial charge in [-0.1, -0.05) is 23.7 Å². The topological polar surface area (TPSA) is 87.6 Å². The average molecular weight is 422 g/mol. The lowest BCUT2D eigenvalue weighted by Gasteiger charge is -2.09. The summed E-state index contributed by atoms with van der Waals surface area (Å²) in [7, 11) is -3.77. The maximum atomic E-state index is 13.2. The zero-order valence-electron chi connectivity index (χ0n) is 14.7. The van der Waals surface area contributed by atoms with E-state index < -0.39 is 21.7 Å². The van der Waals surface area contributed by atoms with Crippen LogP contribution in [-0.2, 0) is 14.8 Å². The normalized spacial score (nSPS) is 14.1. The molecule has 0 aromatic heterocycles. The van der Waals surface area contributed by atoms with Crippen molar-refractivity contribution >= 4 is 45.1 Å². The van der Waals surface area contributed by atoms with Gasteiger partial charge in [0.15, 0.2) is 0 Å². The summed E-state index contributed by atoms with van der Waals surface area (Å²) in [6, 6.07) is 9.98. The number of benzene rings is 2. The van der Waals surface area contributed by atoms with Gasteiger partial charge in [0.25, 0.3) is 10.0 Å². The predicted octanol–water partition coefficient (Wildman–Crippen LogP) is 3.60. The third-order valence-corrected chi connectivity index (χ3v) is 5.58. The van der Waals surface area contributed by atoms with Crippen LogP contribution in [0.4, 0.5) is 10.1 Å². The minimum Gasteiger partial charge on any atom is -0.322 e. The van der Waals surface area contributed by atoms with Crippen LogP contribution in [0.5, 0.6) is 0 Å². The third kappa shape index (κ3) is 5.17. The molecule has 0 bridgehead atoms. The maximum Gasteiger partial charge on any atom is 0.262 e. The molecule has 28 heavy (non-hydrogen) atoms. The highest BCUT2D eigenvalue weighted by Gasteiger charge is 2.18. The van der Waals surface area contributed by atoms with Crippen LogP contribution in [0, 0.1) is 5.82 Å². The summed E-state index contributed by atoms with van der Waals surface area (Å²) in [6.45, 7) is 0.611. The molecule has 2 N–H and O–H groups in total. The van der Waals surface area contributed by atoms with E-state index in [-0.39, 0.29) is 9.92 Å². The average Bonchev–Trinajstić information content (AvgIpc) is 3.15. The van der Waals surface area contributed by atoms with E-state index in [1.807, 2.05) is 0 Å². The van der Waals surface area contributed by atoms with Crippen LogP contribution >= 0.6 is 11.6 Å². The summed E-state index contributed by atoms with van der Waals surface area (Å²) in [6.07, 6.45) is 4.13. The Hall–Kier alpha value is -2.71. The second-order valence-corrected chi connectivity index (χ2v) is 8.15. The van der Waals surface area contributed by atoms with Gasteiger partial charge < -0.3 is 5.32 Å². The van der Waals surface area contributed by atoms with Crippen molar-refractivity contribution in [2.75, 3.05) is 11.9 Å². The Morgan fingerprint density at radius 2 is 2.04 bits per heavy atom. The van der Waals surface area contributed by atoms with Crippen molar-refractivity contribution in [1.82, 2.24) is 4.72 Å². The number of nitrogens with one attached hydrogen (secondary N) is 2. The lowest BCUT2D eigenvalue weighted by Crippen LogP contribution is -2.29. The molecule has 6 nitrogen and oxygen atoms in total. The molecule has 146 valence electrons. The van der Waals surface area contributed by atoms with E-state index in [0.29, 0.717) is 30.1 Å². The first-order valence-corrected chi connectivity index (χ1v) is 10.3. The molecule has 0 unspecified atom stereocenters. The van der Waals surface area contributed by atoms with E-state index in [1.54, 1.807) is 6.07 Å². The number of hydrogen-bond acceptors (Lipinski definition) is 4. The molecule has 2 aromatic carbocycles. The SMILES string of the molecule is O=C(/C=C/c1ccc(F)c(Cl)c1)Nc1cccc(S(=O)(=O)NC2=NCCC2)c1. The first-order valence-electron chi connectivity index (χ1n) is 8.44. The minimum absolute atomic E-state index is 0.0224. The maximum absolute atomic E-state index is 13.2. The number of amidine groups is 1. The number of amides is 1. The minimum atomic E-state index is -3.77. The van der Waals surface area contributed by atoms with E-state index in [0.717, 1.165) is 6.42 Å². The standard InChI is InChI=1S/C19H17ClFN3O3S/c20-16-11-13(6-8-17(16)21)7-9-19(25)23-14-3-1-4-15(12-14)28(26,27)24-18-5-2-10-22-18/h1,3-4,6-9,11-12H,2,5,10H2,(H,22,24)(H,23,25)/b9-7+. The molecule has 0 aliphatic carbocycles. The number of sulfonamides is 1. The van der Waals surface area contributed by atoms with Crippen LogP contribution in [0.15, 0.2) is 58.4 Å². The number of carbonyl (C=O) groups is 1. The quantitative estimate of drug-likeness (QED) is 0.723. The lowest BCUT2D eigenvalue weighted by molar-refractivity contribution is -0.111. The number of carbonyl (C=O) groups excluding carboxylic acids is 1. The Kier molecular flexibility index (Phi) is 6.11. The number of aliphatic imine (C=N–C) groups is 1. The molecule has 1 amide bonds. The first-order chi connectivity index (χ1) is 13.3. The lowest BCUT2D eigenvalue weighted by atomic mass is 10.2. The zero-order valence-corrected chi connectivity index (χ0v) is 16.2. The zero-order chi connectivity index (χ0) is 20.1. The van der Waals surface area contributed by atoms with Gasteiger partial charge in [0.1, 0.15) is 11.7 Å². The summed E-state index contributed by atoms with van der Waals surface area (Å²) in [4.78, 5) is 16.2. The molecule has 0 saturated heterocycles. The molecular formula is C19H17ClFN3O3S. The van der Waals surface area contributed by atoms with E-state index in [2.05, 4.69) is 15.0 Å². The summed E-state index contributed by atoms with van der Waals surface area (Å²) < 4.78 is 40.5. The molecule has 0 fully saturated rings. The van der Waals surface area contributed by atoms with Gasteiger partial charge in [-0.2, -0.15) is 0 Å². The fourth-order valence-corrected chi connectivity index (χ4v) is 3.87. The molecule has 1 heterocycles. The molecule has 3 rings (SSSR count). The number of halogens is 2. The van der Waals surface area contributed by atoms with E-state index >= 15 is 0 Å². The van der Waals surface area contributed by atoms with Crippen molar-refractivity contribution in [3.63, 3.8) is 0 Å². The van der Waals surface area contributed by atoms with Crippen molar-refractivity contribution in [2.24, 2.45) is 4.99 Å². The van der Waals surface area contributed by atoms with Crippen molar-refractivity contribution < 1.29 is 17.6 Å². The smallest absolute Gasteiger partial charge is 0.262 e. The van der Waals surface area contributed by atoms with Crippen LogP contribution < -0.4 is 10.0 Å². The number of rotatable bonds is 5. The van der Waals surface area contributed by atoms with Crippen LogP contribution in [0.1, 0.15) is 18.4 Å². The summed E-state index contributed by atoms with van der Waals surface area (Å²) in [5, 5.41) is 2.55. The Bertz CT molecular complexity index is 1070. The molecule has 0 atom stereocenters. The van der Waals surface area contributed by atoms with Gasteiger partial charge in [-0.25, -0.2) is 12.8 Å². The number of anilines is 1. The van der Waals surface area contributed by atoms with Gasteiger partial charge >= 0.3 is 0 Å². The molecule has 2 aromatic rings. The Labute approximate surface area is 167 Å². The van der Waals surface area contributed by atoms with Crippen LogP contribution in [-0.4, -0.2) is 26.7 Å². The Balaban J connectivity index is 1.69. The second-order valence-electron chi connectivity index (χ2n) is 6.06. The highest BCUT2D eigenvalue weighted by molar-refractivity contribution is 7.90. The molecule has 0 saturated carbocycles. The molecule has 1 aliphatic heterocycles. The molecule has 1 aliphatic rings. The van der Waals surface area contributed by atoms with Crippen LogP contribution in [0.25, 0.3) is 6.08 Å². The van der Waals surface area contributed by atoms with Gasteiger partial charge in [0, 0.05) is 24.7 Å². The highest BCUT2D eigenvalue weighted by Crippen LogP contribution is 2.18. The van der Waals surface area contributed by atoms with Crippen molar-refractivity contribution in [3.8, 4) is 0 Å². The van der Waals surface area contributed by atoms with Gasteiger partial charge in [-0.05, 0) is 48.4 Å². The van der Waals surface area contributed by atoms with Gasteiger partial charge in [-0.3, -0.25) is 14.5 Å². The summed E-state index contributed by atoms with van der Waals surface area (Å²) >= 11 is 5.70. The predicted molar refractivity (Wildman–Crippen MR) is 107 cm³/mol. The monoisotopic (exact) mass is 421 g/mol. The summed E-state index contributed by atoms with van der Waals surface area (Å²) in [5.41, 5.74) is 0.877. The fraction of sp³-hybridized carbons (Fsp3) is 0.158. The number of hydrogen-bond donors (Lipinski definition) is 2. The third-order valence-electron chi connectivity index (χ3n) is 3.91. The Morgan fingerprint density at radius 3 is 2.75 bits per heavy atom. The van der Waals surface area contributed by atoms with Gasteiger partial charge in [0.05, 0.1) is 9.92 Å². The van der Waals surface area contributed by atoms with Crippen molar-refractivity contribution in [3.05, 3.63) is 64.9 Å².